The Morgan fingerprint density at radius 1 is 0.826 bits per heavy atom. The molecule has 0 atom stereocenters. The highest BCUT2D eigenvalue weighted by Gasteiger charge is 2.25. The summed E-state index contributed by atoms with van der Waals surface area (Å²) in [6, 6.07) is 19.0. The van der Waals surface area contributed by atoms with Crippen LogP contribution in [0.1, 0.15) is 34.7 Å². The summed E-state index contributed by atoms with van der Waals surface area (Å²) in [5.41, 5.74) is 2.88. The van der Waals surface area contributed by atoms with Gasteiger partial charge in [0.2, 0.25) is 0 Å². The Morgan fingerprint density at radius 2 is 1.39 bits per heavy atom. The van der Waals surface area contributed by atoms with Crippen LogP contribution in [0.5, 0.6) is 0 Å². The molecule has 23 heavy (non-hydrogen) atoms. The zero-order chi connectivity index (χ0) is 16.4. The maximum atomic E-state index is 12.2. The third-order valence-electron chi connectivity index (χ3n) is 3.62. The summed E-state index contributed by atoms with van der Waals surface area (Å²) in [7, 11) is 0. The van der Waals surface area contributed by atoms with E-state index in [4.69, 9.17) is 0 Å². The van der Waals surface area contributed by atoms with Crippen LogP contribution in [0.25, 0.3) is 16.9 Å². The van der Waals surface area contributed by atoms with E-state index in [0.29, 0.717) is 11.3 Å². The lowest BCUT2D eigenvalue weighted by Gasteiger charge is -2.09. The highest BCUT2D eigenvalue weighted by atomic mass is 16.1. The molecular formula is C19H16N2O2. The maximum absolute atomic E-state index is 12.2. The molecule has 0 radical (unpaired) electrons. The van der Waals surface area contributed by atoms with Gasteiger partial charge in [-0.3, -0.25) is 9.59 Å². The Morgan fingerprint density at radius 3 is 1.91 bits per heavy atom. The lowest BCUT2D eigenvalue weighted by atomic mass is 10.0. The molecule has 0 aliphatic heterocycles. The second-order valence-corrected chi connectivity index (χ2v) is 5.30. The van der Waals surface area contributed by atoms with Gasteiger partial charge >= 0.3 is 0 Å². The van der Waals surface area contributed by atoms with Crippen molar-refractivity contribution in [3.63, 3.8) is 0 Å². The summed E-state index contributed by atoms with van der Waals surface area (Å²) >= 11 is 0. The van der Waals surface area contributed by atoms with Crippen molar-refractivity contribution in [1.29, 1.82) is 0 Å². The normalized spacial score (nSPS) is 10.5. The summed E-state index contributed by atoms with van der Waals surface area (Å²) in [5, 5.41) is 4.42. The van der Waals surface area contributed by atoms with Gasteiger partial charge in [-0.25, -0.2) is 4.68 Å². The molecule has 0 spiro atoms. The van der Waals surface area contributed by atoms with Crippen LogP contribution in [0, 0.1) is 0 Å². The molecule has 0 fully saturated rings. The first-order chi connectivity index (χ1) is 11.1. The fourth-order valence-electron chi connectivity index (χ4n) is 2.62. The highest BCUT2D eigenvalue weighted by Crippen LogP contribution is 2.29. The van der Waals surface area contributed by atoms with E-state index < -0.39 is 0 Å². The Kier molecular flexibility index (Phi) is 3.89. The van der Waals surface area contributed by atoms with Gasteiger partial charge in [-0.1, -0.05) is 48.5 Å². The second kappa shape index (κ2) is 6.01. The summed E-state index contributed by atoms with van der Waals surface area (Å²) in [6.07, 6.45) is 0. The molecule has 1 heterocycles. The molecule has 0 saturated carbocycles. The van der Waals surface area contributed by atoms with Crippen molar-refractivity contribution < 1.29 is 9.59 Å². The van der Waals surface area contributed by atoms with Crippen molar-refractivity contribution in [3.05, 3.63) is 71.9 Å². The van der Waals surface area contributed by atoms with Crippen LogP contribution in [-0.2, 0) is 0 Å². The molecule has 0 bridgehead atoms. The van der Waals surface area contributed by atoms with E-state index in [2.05, 4.69) is 5.10 Å². The van der Waals surface area contributed by atoms with Crippen LogP contribution in [0.3, 0.4) is 0 Å². The van der Waals surface area contributed by atoms with Gasteiger partial charge in [-0.2, -0.15) is 5.10 Å². The molecule has 114 valence electrons. The Labute approximate surface area is 134 Å². The first-order valence-corrected chi connectivity index (χ1v) is 7.35. The van der Waals surface area contributed by atoms with Crippen molar-refractivity contribution in [2.24, 2.45) is 0 Å². The number of carbonyl (C=O) groups excluding carboxylic acids is 2. The quantitative estimate of drug-likeness (QED) is 0.686. The smallest absolute Gasteiger partial charge is 0.180 e. The lowest BCUT2D eigenvalue weighted by molar-refractivity contribution is 0.0978. The van der Waals surface area contributed by atoms with Gasteiger partial charge in [0.15, 0.2) is 11.6 Å². The molecule has 4 nitrogen and oxygen atoms in total. The largest absolute Gasteiger partial charge is 0.294 e. The van der Waals surface area contributed by atoms with Gasteiger partial charge in [0.1, 0.15) is 5.69 Å². The average molecular weight is 304 g/mol. The number of ketones is 2. The minimum atomic E-state index is -0.220. The topological polar surface area (TPSA) is 52.0 Å². The number of para-hydroxylation sites is 1. The number of carbonyl (C=O) groups is 2. The van der Waals surface area contributed by atoms with Gasteiger partial charge in [-0.15, -0.1) is 0 Å². The summed E-state index contributed by atoms with van der Waals surface area (Å²) < 4.78 is 1.67. The van der Waals surface area contributed by atoms with E-state index in [1.54, 1.807) is 4.68 Å². The molecular weight excluding hydrogens is 288 g/mol. The maximum Gasteiger partial charge on any atom is 0.180 e. The van der Waals surface area contributed by atoms with Gasteiger partial charge in [0.05, 0.1) is 16.9 Å². The number of hydrogen-bond donors (Lipinski definition) is 0. The molecule has 0 amide bonds. The average Bonchev–Trinajstić information content (AvgIpc) is 2.97. The first kappa shape index (κ1) is 14.9. The SMILES string of the molecule is CC(=O)c1nn(-c2ccccc2)c(-c2ccccc2)c1C(C)=O. The van der Waals surface area contributed by atoms with Crippen molar-refractivity contribution in [2.45, 2.75) is 13.8 Å². The Balaban J connectivity index is 2.38. The zero-order valence-corrected chi connectivity index (χ0v) is 13.0. The number of Topliss-reactive ketones (excluding diaryl/α,β-unsaturated/α-hetero) is 2. The molecule has 1 aromatic heterocycles. The van der Waals surface area contributed by atoms with Crippen LogP contribution in [0.4, 0.5) is 0 Å². The standard InChI is InChI=1S/C19H16N2O2/c1-13(22)17-18(14(2)23)20-21(16-11-7-4-8-12-16)19(17)15-9-5-3-6-10-15/h3-12H,1-2H3. The monoisotopic (exact) mass is 304 g/mol. The fraction of sp³-hybridized carbons (Fsp3) is 0.105. The minimum absolute atomic E-state index is 0.170. The van der Waals surface area contributed by atoms with Crippen molar-refractivity contribution >= 4 is 11.6 Å². The first-order valence-electron chi connectivity index (χ1n) is 7.35. The molecule has 3 rings (SSSR count). The molecule has 0 aliphatic carbocycles. The number of benzene rings is 2. The van der Waals surface area contributed by atoms with E-state index >= 15 is 0 Å². The molecule has 4 heteroatoms. The van der Waals surface area contributed by atoms with E-state index in [1.807, 2.05) is 60.7 Å². The summed E-state index contributed by atoms with van der Waals surface area (Å²) in [6.45, 7) is 2.89. The van der Waals surface area contributed by atoms with E-state index in [0.717, 1.165) is 11.3 Å². The fourth-order valence-corrected chi connectivity index (χ4v) is 2.62. The molecule has 0 unspecified atom stereocenters. The zero-order valence-electron chi connectivity index (χ0n) is 13.0. The van der Waals surface area contributed by atoms with Gasteiger partial charge in [-0.05, 0) is 19.1 Å². The van der Waals surface area contributed by atoms with Gasteiger partial charge < -0.3 is 0 Å². The summed E-state index contributed by atoms with van der Waals surface area (Å²) in [4.78, 5) is 24.2. The van der Waals surface area contributed by atoms with Crippen molar-refractivity contribution in [2.75, 3.05) is 0 Å². The molecule has 0 N–H and O–H groups in total. The van der Waals surface area contributed by atoms with Gasteiger partial charge in [0, 0.05) is 12.5 Å². The second-order valence-electron chi connectivity index (χ2n) is 5.30. The van der Waals surface area contributed by atoms with E-state index in [9.17, 15) is 9.59 Å². The van der Waals surface area contributed by atoms with E-state index in [-0.39, 0.29) is 17.3 Å². The Hall–Kier alpha value is -3.01. The van der Waals surface area contributed by atoms with Gasteiger partial charge in [0.25, 0.3) is 0 Å². The molecule has 3 aromatic rings. The van der Waals surface area contributed by atoms with E-state index in [1.165, 1.54) is 13.8 Å². The highest BCUT2D eigenvalue weighted by molar-refractivity contribution is 6.10. The molecule has 0 saturated heterocycles. The molecule has 0 aliphatic rings. The third kappa shape index (κ3) is 2.71. The van der Waals surface area contributed by atoms with Crippen LogP contribution < -0.4 is 0 Å². The van der Waals surface area contributed by atoms with Crippen molar-refractivity contribution in [3.8, 4) is 16.9 Å². The van der Waals surface area contributed by atoms with Crippen LogP contribution in [0.2, 0.25) is 0 Å². The number of hydrogen-bond acceptors (Lipinski definition) is 3. The van der Waals surface area contributed by atoms with Crippen LogP contribution in [0.15, 0.2) is 60.7 Å². The number of aromatic nitrogens is 2. The minimum Gasteiger partial charge on any atom is -0.294 e. The number of nitrogens with zero attached hydrogens (tertiary/aromatic N) is 2. The lowest BCUT2D eigenvalue weighted by Crippen LogP contribution is -2.03. The third-order valence-corrected chi connectivity index (χ3v) is 3.62. The van der Waals surface area contributed by atoms with Crippen LogP contribution in [-0.4, -0.2) is 21.3 Å². The summed E-state index contributed by atoms with van der Waals surface area (Å²) in [5.74, 6) is -0.390. The Bertz CT molecular complexity index is 865. The molecule has 2 aromatic carbocycles. The predicted molar refractivity (Wildman–Crippen MR) is 89.0 cm³/mol. The predicted octanol–water partition coefficient (Wildman–Crippen LogP) is 3.94. The van der Waals surface area contributed by atoms with Crippen molar-refractivity contribution in [1.82, 2.24) is 9.78 Å². The van der Waals surface area contributed by atoms with Crippen LogP contribution >= 0.6 is 0 Å². The number of rotatable bonds is 4.